The molecule has 5 heteroatoms. The molecule has 0 radical (unpaired) electrons. The van der Waals surface area contributed by atoms with Crippen molar-refractivity contribution in [1.29, 1.82) is 5.26 Å². The normalized spacial score (nSPS) is 14.4. The van der Waals surface area contributed by atoms with Gasteiger partial charge in [0.05, 0.1) is 6.07 Å². The Bertz CT molecular complexity index is 331. The van der Waals surface area contributed by atoms with E-state index in [2.05, 4.69) is 4.72 Å². The Labute approximate surface area is 99.1 Å². The number of nitriles is 1. The Morgan fingerprint density at radius 3 is 1.88 bits per heavy atom. The molecule has 0 aromatic heterocycles. The summed E-state index contributed by atoms with van der Waals surface area (Å²) in [6.45, 7) is 7.59. The molecular formula is C11H22N2O2S. The zero-order valence-electron chi connectivity index (χ0n) is 10.6. The van der Waals surface area contributed by atoms with Crippen LogP contribution in [0.2, 0.25) is 0 Å². The van der Waals surface area contributed by atoms with Gasteiger partial charge in [-0.2, -0.15) is 5.26 Å². The molecule has 0 saturated heterocycles. The Balaban J connectivity index is 5.02. The van der Waals surface area contributed by atoms with Gasteiger partial charge in [-0.1, -0.05) is 27.7 Å². The Hall–Kier alpha value is -0.600. The topological polar surface area (TPSA) is 70.0 Å². The highest BCUT2D eigenvalue weighted by Crippen LogP contribution is 2.22. The highest BCUT2D eigenvalue weighted by molar-refractivity contribution is 7.90. The van der Waals surface area contributed by atoms with E-state index in [-0.39, 0.29) is 0 Å². The van der Waals surface area contributed by atoms with E-state index in [1.54, 1.807) is 6.92 Å². The number of hydrogen-bond acceptors (Lipinski definition) is 3. The summed E-state index contributed by atoms with van der Waals surface area (Å²) in [5, 5.41) is 7.86. The van der Waals surface area contributed by atoms with E-state index >= 15 is 0 Å². The van der Waals surface area contributed by atoms with Crippen molar-refractivity contribution in [3.63, 3.8) is 0 Å². The fourth-order valence-corrected chi connectivity index (χ4v) is 3.48. The molecule has 0 amide bonds. The molecule has 1 unspecified atom stereocenters. The number of hydrogen-bond donors (Lipinski definition) is 1. The summed E-state index contributed by atoms with van der Waals surface area (Å²) in [6.07, 6.45) is 2.53. The van der Waals surface area contributed by atoms with Crippen LogP contribution in [0, 0.1) is 11.3 Å². The molecule has 1 N–H and O–H groups in total. The molecule has 0 spiro atoms. The molecule has 0 aromatic carbocycles. The minimum absolute atomic E-state index is 0.319. The molecule has 94 valence electrons. The standard InChI is InChI=1S/C11H22N2O2S/c1-5-10(9-12)16(14,15)13-11(6-2,7-3)8-4/h10,13H,5-8H2,1-4H3. The lowest BCUT2D eigenvalue weighted by Gasteiger charge is -2.32. The molecule has 0 rings (SSSR count). The van der Waals surface area contributed by atoms with Crippen LogP contribution in [0.4, 0.5) is 0 Å². The third kappa shape index (κ3) is 3.46. The summed E-state index contributed by atoms with van der Waals surface area (Å²) >= 11 is 0. The Kier molecular flexibility index (Phi) is 5.98. The van der Waals surface area contributed by atoms with Gasteiger partial charge in [0.15, 0.2) is 5.25 Å². The van der Waals surface area contributed by atoms with Crippen molar-refractivity contribution in [2.45, 2.75) is 64.2 Å². The van der Waals surface area contributed by atoms with Gasteiger partial charge in [0, 0.05) is 5.54 Å². The highest BCUT2D eigenvalue weighted by Gasteiger charge is 2.33. The van der Waals surface area contributed by atoms with Gasteiger partial charge < -0.3 is 0 Å². The van der Waals surface area contributed by atoms with Gasteiger partial charge in [0.25, 0.3) is 0 Å². The maximum absolute atomic E-state index is 12.0. The fraction of sp³-hybridized carbons (Fsp3) is 0.909. The second-order valence-corrected chi connectivity index (χ2v) is 5.88. The van der Waals surface area contributed by atoms with Crippen LogP contribution in [-0.2, 0) is 10.0 Å². The molecule has 0 aromatic rings. The molecule has 0 bridgehead atoms. The molecule has 0 aliphatic carbocycles. The van der Waals surface area contributed by atoms with Crippen LogP contribution < -0.4 is 4.72 Å². The minimum Gasteiger partial charge on any atom is -0.211 e. The lowest BCUT2D eigenvalue weighted by molar-refractivity contribution is 0.340. The van der Waals surface area contributed by atoms with E-state index in [1.807, 2.05) is 26.8 Å². The van der Waals surface area contributed by atoms with Crippen LogP contribution in [0.1, 0.15) is 53.4 Å². The largest absolute Gasteiger partial charge is 0.228 e. The van der Waals surface area contributed by atoms with Crippen molar-refractivity contribution in [1.82, 2.24) is 4.72 Å². The fourth-order valence-electron chi connectivity index (χ4n) is 1.72. The zero-order valence-corrected chi connectivity index (χ0v) is 11.4. The quantitative estimate of drug-likeness (QED) is 0.748. The highest BCUT2D eigenvalue weighted by atomic mass is 32.2. The zero-order chi connectivity index (χ0) is 12.8. The monoisotopic (exact) mass is 246 g/mol. The molecule has 0 fully saturated rings. The van der Waals surface area contributed by atoms with E-state index in [4.69, 9.17) is 5.26 Å². The minimum atomic E-state index is -3.53. The average Bonchev–Trinajstić information content (AvgIpc) is 2.27. The van der Waals surface area contributed by atoms with Crippen LogP contribution in [-0.4, -0.2) is 19.2 Å². The van der Waals surface area contributed by atoms with E-state index in [0.29, 0.717) is 6.42 Å². The second kappa shape index (κ2) is 6.21. The number of rotatable bonds is 7. The van der Waals surface area contributed by atoms with Gasteiger partial charge in [-0.3, -0.25) is 0 Å². The first-order chi connectivity index (χ1) is 7.41. The Morgan fingerprint density at radius 1 is 1.19 bits per heavy atom. The number of nitrogens with one attached hydrogen (secondary N) is 1. The van der Waals surface area contributed by atoms with E-state index in [0.717, 1.165) is 19.3 Å². The first kappa shape index (κ1) is 15.4. The molecule has 0 saturated carbocycles. The van der Waals surface area contributed by atoms with Gasteiger partial charge in [-0.15, -0.1) is 0 Å². The molecule has 0 aliphatic rings. The maximum Gasteiger partial charge on any atom is 0.228 e. The van der Waals surface area contributed by atoms with Crippen molar-refractivity contribution in [2.75, 3.05) is 0 Å². The first-order valence-electron chi connectivity index (χ1n) is 5.83. The number of nitrogens with zero attached hydrogens (tertiary/aromatic N) is 1. The summed E-state index contributed by atoms with van der Waals surface area (Å²) in [7, 11) is -3.53. The summed E-state index contributed by atoms with van der Waals surface area (Å²) in [5.74, 6) is 0. The molecule has 0 aliphatic heterocycles. The van der Waals surface area contributed by atoms with Gasteiger partial charge in [0.2, 0.25) is 10.0 Å². The van der Waals surface area contributed by atoms with Gasteiger partial charge in [-0.25, -0.2) is 13.1 Å². The smallest absolute Gasteiger partial charge is 0.211 e. The van der Waals surface area contributed by atoms with Crippen molar-refractivity contribution in [2.24, 2.45) is 0 Å². The summed E-state index contributed by atoms with van der Waals surface area (Å²) in [5.41, 5.74) is -0.400. The summed E-state index contributed by atoms with van der Waals surface area (Å²) in [6, 6.07) is 1.84. The molecule has 1 atom stereocenters. The predicted molar refractivity (Wildman–Crippen MR) is 65.4 cm³/mol. The van der Waals surface area contributed by atoms with Gasteiger partial charge in [0.1, 0.15) is 0 Å². The molecule has 16 heavy (non-hydrogen) atoms. The summed E-state index contributed by atoms with van der Waals surface area (Å²) < 4.78 is 26.6. The van der Waals surface area contributed by atoms with Gasteiger partial charge in [-0.05, 0) is 25.7 Å². The van der Waals surface area contributed by atoms with Crippen LogP contribution in [0.3, 0.4) is 0 Å². The molecule has 0 heterocycles. The van der Waals surface area contributed by atoms with E-state index in [1.165, 1.54) is 0 Å². The van der Waals surface area contributed by atoms with Crippen LogP contribution >= 0.6 is 0 Å². The molecule has 4 nitrogen and oxygen atoms in total. The van der Waals surface area contributed by atoms with Crippen LogP contribution in [0.5, 0.6) is 0 Å². The van der Waals surface area contributed by atoms with Crippen molar-refractivity contribution < 1.29 is 8.42 Å². The first-order valence-corrected chi connectivity index (χ1v) is 7.38. The van der Waals surface area contributed by atoms with Crippen molar-refractivity contribution >= 4 is 10.0 Å². The van der Waals surface area contributed by atoms with Crippen LogP contribution in [0.25, 0.3) is 0 Å². The predicted octanol–water partition coefficient (Wildman–Crippen LogP) is 2.18. The van der Waals surface area contributed by atoms with E-state index < -0.39 is 20.8 Å². The Morgan fingerprint density at radius 2 is 1.62 bits per heavy atom. The SMILES string of the molecule is CCC(C#N)S(=O)(=O)NC(CC)(CC)CC. The third-order valence-electron chi connectivity index (χ3n) is 3.28. The van der Waals surface area contributed by atoms with Gasteiger partial charge >= 0.3 is 0 Å². The third-order valence-corrected chi connectivity index (χ3v) is 5.18. The molecular weight excluding hydrogens is 224 g/mol. The lowest BCUT2D eigenvalue weighted by atomic mass is 9.91. The van der Waals surface area contributed by atoms with E-state index in [9.17, 15) is 8.42 Å². The van der Waals surface area contributed by atoms with Crippen molar-refractivity contribution in [3.8, 4) is 6.07 Å². The lowest BCUT2D eigenvalue weighted by Crippen LogP contribution is -2.50. The van der Waals surface area contributed by atoms with Crippen LogP contribution in [0.15, 0.2) is 0 Å². The summed E-state index contributed by atoms with van der Waals surface area (Å²) in [4.78, 5) is 0. The maximum atomic E-state index is 12.0. The van der Waals surface area contributed by atoms with Crippen molar-refractivity contribution in [3.05, 3.63) is 0 Å². The second-order valence-electron chi connectivity index (χ2n) is 4.01. The average molecular weight is 246 g/mol. The number of sulfonamides is 1.